The molecule has 0 aliphatic heterocycles. The molecule has 168 valence electrons. The van der Waals surface area contributed by atoms with Crippen molar-refractivity contribution in [3.8, 4) is 5.75 Å². The van der Waals surface area contributed by atoms with E-state index in [-0.39, 0.29) is 5.91 Å². The maximum Gasteiger partial charge on any atom is 0.251 e. The molecule has 2 aromatic carbocycles. The molecule has 7 heteroatoms. The fourth-order valence-corrected chi connectivity index (χ4v) is 3.17. The lowest BCUT2D eigenvalue weighted by Crippen LogP contribution is -2.39. The first-order valence-electron chi connectivity index (χ1n) is 10.7. The van der Waals surface area contributed by atoms with Gasteiger partial charge in [0, 0.05) is 32.1 Å². The molecule has 0 spiro atoms. The number of amides is 1. The highest BCUT2D eigenvalue weighted by molar-refractivity contribution is 5.94. The smallest absolute Gasteiger partial charge is 0.251 e. The Kier molecular flexibility index (Phi) is 8.74. The van der Waals surface area contributed by atoms with Crippen LogP contribution in [0.15, 0.2) is 76.3 Å². The average Bonchev–Trinajstić information content (AvgIpc) is 3.35. The zero-order valence-electron chi connectivity index (χ0n) is 18.6. The van der Waals surface area contributed by atoms with Gasteiger partial charge in [0.15, 0.2) is 5.96 Å². The number of hydrogen-bond donors (Lipinski definition) is 3. The van der Waals surface area contributed by atoms with Crippen LogP contribution in [0.2, 0.25) is 0 Å². The normalized spacial score (nSPS) is 11.1. The molecule has 32 heavy (non-hydrogen) atoms. The van der Waals surface area contributed by atoms with Crippen molar-refractivity contribution in [3.05, 3.63) is 89.4 Å². The van der Waals surface area contributed by atoms with Crippen molar-refractivity contribution in [3.63, 3.8) is 0 Å². The van der Waals surface area contributed by atoms with Gasteiger partial charge in [0.1, 0.15) is 11.5 Å². The summed E-state index contributed by atoms with van der Waals surface area (Å²) in [6.45, 7) is 1.94. The topological polar surface area (TPSA) is 87.9 Å². The summed E-state index contributed by atoms with van der Waals surface area (Å²) in [5, 5.41) is 9.41. The molecule has 0 atom stereocenters. The number of carbonyl (C=O) groups excluding carboxylic acids is 1. The molecule has 0 aliphatic carbocycles. The lowest BCUT2D eigenvalue weighted by molar-refractivity contribution is 0.0963. The summed E-state index contributed by atoms with van der Waals surface area (Å²) in [6, 6.07) is 19.4. The molecular formula is C25H30N4O3. The molecule has 7 nitrogen and oxygen atoms in total. The minimum Gasteiger partial charge on any atom is -0.497 e. The molecule has 0 fully saturated rings. The van der Waals surface area contributed by atoms with Crippen molar-refractivity contribution >= 4 is 11.9 Å². The number of carbonyl (C=O) groups is 1. The SMILES string of the molecule is CNC(=O)c1cccc(CCNC(=NCc2ccc(OC)cc2)NCCc2ccco2)c1. The molecule has 3 rings (SSSR count). The second-order valence-corrected chi connectivity index (χ2v) is 7.23. The predicted molar refractivity (Wildman–Crippen MR) is 126 cm³/mol. The summed E-state index contributed by atoms with van der Waals surface area (Å²) in [5.74, 6) is 2.40. The van der Waals surface area contributed by atoms with Crippen molar-refractivity contribution in [2.75, 3.05) is 27.2 Å². The Labute approximate surface area is 188 Å². The summed E-state index contributed by atoms with van der Waals surface area (Å²) >= 11 is 0. The minimum absolute atomic E-state index is 0.0823. The Morgan fingerprint density at radius 3 is 2.44 bits per heavy atom. The van der Waals surface area contributed by atoms with E-state index in [1.54, 1.807) is 20.4 Å². The highest BCUT2D eigenvalue weighted by Crippen LogP contribution is 2.12. The van der Waals surface area contributed by atoms with E-state index >= 15 is 0 Å². The number of methoxy groups -OCH3 is 1. The third-order valence-electron chi connectivity index (χ3n) is 4.95. The number of hydrogen-bond acceptors (Lipinski definition) is 4. The summed E-state index contributed by atoms with van der Waals surface area (Å²) in [4.78, 5) is 16.6. The molecule has 0 unspecified atom stereocenters. The summed E-state index contributed by atoms with van der Waals surface area (Å²) in [6.07, 6.45) is 3.22. The molecule has 0 saturated heterocycles. The zero-order chi connectivity index (χ0) is 22.6. The molecule has 0 bridgehead atoms. The molecule has 0 aliphatic rings. The Balaban J connectivity index is 1.58. The van der Waals surface area contributed by atoms with Crippen molar-refractivity contribution in [2.24, 2.45) is 4.99 Å². The maximum atomic E-state index is 11.9. The van der Waals surface area contributed by atoms with Gasteiger partial charge in [0.2, 0.25) is 0 Å². The number of rotatable bonds is 10. The van der Waals surface area contributed by atoms with E-state index in [9.17, 15) is 4.79 Å². The van der Waals surface area contributed by atoms with E-state index in [1.165, 1.54) is 0 Å². The van der Waals surface area contributed by atoms with Gasteiger partial charge in [0.05, 0.1) is 19.9 Å². The fourth-order valence-electron chi connectivity index (χ4n) is 3.17. The number of furan rings is 1. The van der Waals surface area contributed by atoms with Crippen molar-refractivity contribution in [1.82, 2.24) is 16.0 Å². The number of nitrogens with zero attached hydrogens (tertiary/aromatic N) is 1. The van der Waals surface area contributed by atoms with E-state index < -0.39 is 0 Å². The molecule has 0 saturated carbocycles. The second kappa shape index (κ2) is 12.2. The van der Waals surface area contributed by atoms with Gasteiger partial charge in [-0.2, -0.15) is 0 Å². The zero-order valence-corrected chi connectivity index (χ0v) is 18.6. The molecule has 1 amide bonds. The lowest BCUT2D eigenvalue weighted by Gasteiger charge is -2.13. The Bertz CT molecular complexity index is 998. The third-order valence-corrected chi connectivity index (χ3v) is 4.95. The van der Waals surface area contributed by atoms with E-state index in [0.29, 0.717) is 25.2 Å². The number of benzene rings is 2. The van der Waals surface area contributed by atoms with Crippen molar-refractivity contribution in [2.45, 2.75) is 19.4 Å². The molecular weight excluding hydrogens is 404 g/mol. The number of ether oxygens (including phenoxy) is 1. The Morgan fingerprint density at radius 1 is 0.969 bits per heavy atom. The molecule has 1 aromatic heterocycles. The van der Waals surface area contributed by atoms with Gasteiger partial charge >= 0.3 is 0 Å². The first-order chi connectivity index (χ1) is 15.7. The first-order valence-corrected chi connectivity index (χ1v) is 10.7. The van der Waals surface area contributed by atoms with Crippen LogP contribution in [0, 0.1) is 0 Å². The van der Waals surface area contributed by atoms with Crippen molar-refractivity contribution < 1.29 is 13.9 Å². The van der Waals surface area contributed by atoms with Gasteiger partial charge < -0.3 is 25.1 Å². The number of nitrogens with one attached hydrogen (secondary N) is 3. The minimum atomic E-state index is -0.0823. The molecule has 1 heterocycles. The van der Waals surface area contributed by atoms with Crippen LogP contribution in [-0.4, -0.2) is 39.1 Å². The molecule has 0 radical (unpaired) electrons. The highest BCUT2D eigenvalue weighted by Gasteiger charge is 2.05. The quantitative estimate of drug-likeness (QED) is 0.337. The fraction of sp³-hybridized carbons (Fsp3) is 0.280. The highest BCUT2D eigenvalue weighted by atomic mass is 16.5. The maximum absolute atomic E-state index is 11.9. The van der Waals surface area contributed by atoms with Crippen LogP contribution in [0.5, 0.6) is 5.75 Å². The van der Waals surface area contributed by atoms with E-state index in [2.05, 4.69) is 16.0 Å². The van der Waals surface area contributed by atoms with Gasteiger partial charge in [-0.25, -0.2) is 4.99 Å². The van der Waals surface area contributed by atoms with Gasteiger partial charge in [-0.15, -0.1) is 0 Å². The van der Waals surface area contributed by atoms with Crippen LogP contribution in [0.1, 0.15) is 27.2 Å². The van der Waals surface area contributed by atoms with Gasteiger partial charge in [-0.1, -0.05) is 24.3 Å². The molecule has 3 N–H and O–H groups in total. The number of guanidine groups is 1. The monoisotopic (exact) mass is 434 g/mol. The van der Waals surface area contributed by atoms with Crippen LogP contribution in [-0.2, 0) is 19.4 Å². The third kappa shape index (κ3) is 7.19. The van der Waals surface area contributed by atoms with Gasteiger partial charge in [-0.3, -0.25) is 4.79 Å². The first kappa shape index (κ1) is 22.9. The van der Waals surface area contributed by atoms with E-state index in [0.717, 1.165) is 41.4 Å². The summed E-state index contributed by atoms with van der Waals surface area (Å²) in [5.41, 5.74) is 2.84. The lowest BCUT2D eigenvalue weighted by atomic mass is 10.1. The molecule has 3 aromatic rings. The second-order valence-electron chi connectivity index (χ2n) is 7.23. The van der Waals surface area contributed by atoms with E-state index in [1.807, 2.05) is 60.7 Å². The summed E-state index contributed by atoms with van der Waals surface area (Å²) < 4.78 is 10.6. The van der Waals surface area contributed by atoms with Gasteiger partial charge in [-0.05, 0) is 53.9 Å². The van der Waals surface area contributed by atoms with Crippen LogP contribution in [0.25, 0.3) is 0 Å². The van der Waals surface area contributed by atoms with Crippen LogP contribution >= 0.6 is 0 Å². The van der Waals surface area contributed by atoms with Gasteiger partial charge in [0.25, 0.3) is 5.91 Å². The average molecular weight is 435 g/mol. The van der Waals surface area contributed by atoms with Crippen molar-refractivity contribution in [1.29, 1.82) is 0 Å². The predicted octanol–water partition coefficient (Wildman–Crippen LogP) is 3.17. The summed E-state index contributed by atoms with van der Waals surface area (Å²) in [7, 11) is 3.29. The van der Waals surface area contributed by atoms with Crippen LogP contribution < -0.4 is 20.7 Å². The Hall–Kier alpha value is -3.74. The Morgan fingerprint density at radius 2 is 1.75 bits per heavy atom. The van der Waals surface area contributed by atoms with Crippen LogP contribution in [0.4, 0.5) is 0 Å². The standard InChI is InChI=1S/C25H30N4O3/c1-26-24(30)21-6-3-5-19(17-21)12-14-27-25(28-15-13-23-7-4-16-32-23)29-18-20-8-10-22(31-2)11-9-20/h3-11,16-17H,12-15,18H2,1-2H3,(H,26,30)(H2,27,28,29). The van der Waals surface area contributed by atoms with E-state index in [4.69, 9.17) is 14.1 Å². The van der Waals surface area contributed by atoms with Crippen LogP contribution in [0.3, 0.4) is 0 Å². The largest absolute Gasteiger partial charge is 0.497 e. The number of aliphatic imine (C=N–C) groups is 1.